The molecule has 0 atom stereocenters. The van der Waals surface area contributed by atoms with Gasteiger partial charge in [0.1, 0.15) is 0 Å². The van der Waals surface area contributed by atoms with Gasteiger partial charge in [0.05, 0.1) is 17.6 Å². The molecule has 0 bridgehead atoms. The Labute approximate surface area is 122 Å². The first-order chi connectivity index (χ1) is 9.65. The average Bonchev–Trinajstić information content (AvgIpc) is 2.83. The van der Waals surface area contributed by atoms with Gasteiger partial charge in [-0.3, -0.25) is 0 Å². The van der Waals surface area contributed by atoms with Crippen molar-refractivity contribution in [2.24, 2.45) is 5.41 Å². The Hall–Kier alpha value is -1.78. The second kappa shape index (κ2) is 5.54. The number of hydrogen-bond acceptors (Lipinski definition) is 1. The normalized spacial score (nSPS) is 12.7. The largest absolute Gasteiger partial charge is 0.416 e. The Bertz CT molecular complexity index is 589. The van der Waals surface area contributed by atoms with Crippen molar-refractivity contribution in [3.63, 3.8) is 0 Å². The van der Waals surface area contributed by atoms with E-state index in [0.717, 1.165) is 25.1 Å². The molecule has 1 aromatic heterocycles. The lowest BCUT2D eigenvalue weighted by Crippen LogP contribution is -2.09. The lowest BCUT2D eigenvalue weighted by atomic mass is 9.92. The predicted octanol–water partition coefficient (Wildman–Crippen LogP) is 5.01. The highest BCUT2D eigenvalue weighted by Gasteiger charge is 2.30. The molecule has 0 amide bonds. The van der Waals surface area contributed by atoms with Crippen LogP contribution in [0, 0.1) is 5.41 Å². The maximum Gasteiger partial charge on any atom is 0.416 e. The van der Waals surface area contributed by atoms with Gasteiger partial charge < -0.3 is 4.57 Å². The van der Waals surface area contributed by atoms with Gasteiger partial charge in [0.15, 0.2) is 0 Å². The Morgan fingerprint density at radius 2 is 1.67 bits per heavy atom. The van der Waals surface area contributed by atoms with Crippen LogP contribution in [0.5, 0.6) is 0 Å². The van der Waals surface area contributed by atoms with Gasteiger partial charge in [-0.2, -0.15) is 13.2 Å². The molecule has 0 radical (unpaired) electrons. The van der Waals surface area contributed by atoms with Gasteiger partial charge in [-0.1, -0.05) is 32.9 Å². The van der Waals surface area contributed by atoms with Crippen molar-refractivity contribution >= 4 is 0 Å². The Morgan fingerprint density at radius 1 is 1.05 bits per heavy atom. The zero-order valence-corrected chi connectivity index (χ0v) is 12.4. The predicted molar refractivity (Wildman–Crippen MR) is 76.7 cm³/mol. The molecule has 0 spiro atoms. The molecule has 0 N–H and O–H groups in total. The second-order valence-corrected chi connectivity index (χ2v) is 6.38. The van der Waals surface area contributed by atoms with Crippen LogP contribution in [-0.4, -0.2) is 9.55 Å². The van der Waals surface area contributed by atoms with Crippen LogP contribution in [0.3, 0.4) is 0 Å². The fourth-order valence-corrected chi connectivity index (χ4v) is 1.93. The third-order valence-corrected chi connectivity index (χ3v) is 3.26. The summed E-state index contributed by atoms with van der Waals surface area (Å²) in [6.07, 6.45) is 0.299. The topological polar surface area (TPSA) is 17.8 Å². The fraction of sp³-hybridized carbons (Fsp3) is 0.438. The number of benzene rings is 1. The summed E-state index contributed by atoms with van der Waals surface area (Å²) >= 11 is 0. The molecule has 0 unspecified atom stereocenters. The van der Waals surface area contributed by atoms with Crippen LogP contribution in [0.4, 0.5) is 13.2 Å². The highest BCUT2D eigenvalue weighted by Crippen LogP contribution is 2.30. The molecule has 0 aliphatic rings. The van der Waals surface area contributed by atoms with E-state index in [4.69, 9.17) is 0 Å². The summed E-state index contributed by atoms with van der Waals surface area (Å²) in [5.74, 6) is 0. The molecule has 114 valence electrons. The number of imidazole rings is 1. The van der Waals surface area contributed by atoms with Crippen molar-refractivity contribution in [3.8, 4) is 11.3 Å². The van der Waals surface area contributed by atoms with Crippen molar-refractivity contribution in [2.75, 3.05) is 0 Å². The molecule has 21 heavy (non-hydrogen) atoms. The van der Waals surface area contributed by atoms with Gasteiger partial charge >= 0.3 is 6.18 Å². The van der Waals surface area contributed by atoms with Crippen LogP contribution in [0.2, 0.25) is 0 Å². The highest BCUT2D eigenvalue weighted by molar-refractivity contribution is 5.58. The van der Waals surface area contributed by atoms with Crippen LogP contribution < -0.4 is 0 Å². The first kappa shape index (κ1) is 15.6. The first-order valence-corrected chi connectivity index (χ1v) is 6.84. The Morgan fingerprint density at radius 3 is 2.19 bits per heavy atom. The van der Waals surface area contributed by atoms with Crippen molar-refractivity contribution in [1.82, 2.24) is 9.55 Å². The summed E-state index contributed by atoms with van der Waals surface area (Å²) in [7, 11) is 0. The number of hydrogen-bond donors (Lipinski definition) is 0. The molecule has 2 nitrogen and oxygen atoms in total. The summed E-state index contributed by atoms with van der Waals surface area (Å²) in [5, 5.41) is 0. The van der Waals surface area contributed by atoms with E-state index in [9.17, 15) is 13.2 Å². The van der Waals surface area contributed by atoms with Crippen molar-refractivity contribution < 1.29 is 13.2 Å². The monoisotopic (exact) mass is 296 g/mol. The van der Waals surface area contributed by atoms with Gasteiger partial charge in [-0.25, -0.2) is 4.98 Å². The quantitative estimate of drug-likeness (QED) is 0.779. The minimum atomic E-state index is -4.30. The number of rotatable bonds is 3. The lowest BCUT2D eigenvalue weighted by Gasteiger charge is -2.17. The standard InChI is InChI=1S/C16H19F3N2/c1-15(2,3)8-9-21-10-14(20-11-21)12-4-6-13(7-5-12)16(17,18)19/h4-7,10-11H,8-9H2,1-3H3. The lowest BCUT2D eigenvalue weighted by molar-refractivity contribution is -0.137. The summed E-state index contributed by atoms with van der Waals surface area (Å²) in [6, 6.07) is 5.09. The van der Waals surface area contributed by atoms with Crippen LogP contribution in [0.1, 0.15) is 32.8 Å². The molecule has 0 fully saturated rings. The van der Waals surface area contributed by atoms with Gasteiger partial charge in [0, 0.05) is 18.3 Å². The summed E-state index contributed by atoms with van der Waals surface area (Å²) in [6.45, 7) is 7.35. The molecule has 0 saturated carbocycles. The van der Waals surface area contributed by atoms with Crippen molar-refractivity contribution in [1.29, 1.82) is 0 Å². The smallest absolute Gasteiger partial charge is 0.337 e. The maximum absolute atomic E-state index is 12.5. The third kappa shape index (κ3) is 4.34. The number of nitrogens with zero attached hydrogens (tertiary/aromatic N) is 2. The molecule has 2 aromatic rings. The summed E-state index contributed by atoms with van der Waals surface area (Å²) in [4.78, 5) is 4.26. The van der Waals surface area contributed by atoms with Gasteiger partial charge in [-0.05, 0) is 24.0 Å². The van der Waals surface area contributed by atoms with E-state index in [1.807, 2.05) is 10.8 Å². The molecule has 0 saturated heterocycles. The molecule has 2 rings (SSSR count). The minimum Gasteiger partial charge on any atom is -0.337 e. The molecule has 1 aromatic carbocycles. The summed E-state index contributed by atoms with van der Waals surface area (Å²) in [5.41, 5.74) is 0.979. The van der Waals surface area contributed by atoms with Crippen molar-refractivity contribution in [3.05, 3.63) is 42.4 Å². The van der Waals surface area contributed by atoms with Crippen LogP contribution in [0.25, 0.3) is 11.3 Å². The third-order valence-electron chi connectivity index (χ3n) is 3.26. The SMILES string of the molecule is CC(C)(C)CCn1cnc(-c2ccc(C(F)(F)F)cc2)c1. The van der Waals surface area contributed by atoms with E-state index in [0.29, 0.717) is 11.3 Å². The maximum atomic E-state index is 12.5. The fourth-order valence-electron chi connectivity index (χ4n) is 1.93. The zero-order chi connectivity index (χ0) is 15.7. The first-order valence-electron chi connectivity index (χ1n) is 6.84. The minimum absolute atomic E-state index is 0.235. The summed E-state index contributed by atoms with van der Waals surface area (Å²) < 4.78 is 39.5. The highest BCUT2D eigenvalue weighted by atomic mass is 19.4. The molecule has 0 aliphatic heterocycles. The molecular weight excluding hydrogens is 277 g/mol. The van der Waals surface area contributed by atoms with E-state index in [2.05, 4.69) is 25.8 Å². The number of halogens is 3. The molecule has 0 aliphatic carbocycles. The number of alkyl halides is 3. The number of aromatic nitrogens is 2. The van der Waals surface area contributed by atoms with E-state index in [1.165, 1.54) is 12.1 Å². The van der Waals surface area contributed by atoms with Crippen LogP contribution >= 0.6 is 0 Å². The zero-order valence-electron chi connectivity index (χ0n) is 12.4. The van der Waals surface area contributed by atoms with E-state index >= 15 is 0 Å². The van der Waals surface area contributed by atoms with Gasteiger partial charge in [0.2, 0.25) is 0 Å². The molecule has 1 heterocycles. The van der Waals surface area contributed by atoms with Crippen molar-refractivity contribution in [2.45, 2.75) is 39.9 Å². The molecular formula is C16H19F3N2. The van der Waals surface area contributed by atoms with E-state index in [-0.39, 0.29) is 5.41 Å². The Balaban J connectivity index is 2.11. The van der Waals surface area contributed by atoms with Gasteiger partial charge in [-0.15, -0.1) is 0 Å². The van der Waals surface area contributed by atoms with E-state index in [1.54, 1.807) is 6.33 Å². The second-order valence-electron chi connectivity index (χ2n) is 6.38. The van der Waals surface area contributed by atoms with Gasteiger partial charge in [0.25, 0.3) is 0 Å². The molecule has 5 heteroatoms. The van der Waals surface area contributed by atoms with E-state index < -0.39 is 11.7 Å². The number of aryl methyl sites for hydroxylation is 1. The Kier molecular flexibility index (Phi) is 4.12. The average molecular weight is 296 g/mol. The van der Waals surface area contributed by atoms with Crippen LogP contribution in [-0.2, 0) is 12.7 Å². The van der Waals surface area contributed by atoms with Crippen LogP contribution in [0.15, 0.2) is 36.8 Å².